The molecule has 5 nitrogen and oxygen atoms in total. The molecule has 0 aliphatic heterocycles. The second-order valence-electron chi connectivity index (χ2n) is 4.40. The van der Waals surface area contributed by atoms with E-state index in [-0.39, 0.29) is 0 Å². The van der Waals surface area contributed by atoms with E-state index in [1.807, 2.05) is 13.2 Å². The smallest absolute Gasteiger partial charge is 0.161 e. The van der Waals surface area contributed by atoms with Crippen molar-refractivity contribution in [3.8, 4) is 0 Å². The van der Waals surface area contributed by atoms with Gasteiger partial charge in [-0.25, -0.2) is 9.97 Å². The topological polar surface area (TPSA) is 55.6 Å². The number of aryl methyl sites for hydroxylation is 1. The van der Waals surface area contributed by atoms with E-state index in [1.54, 1.807) is 11.0 Å². The first-order chi connectivity index (χ1) is 8.15. The summed E-state index contributed by atoms with van der Waals surface area (Å²) >= 11 is 0. The second-order valence-corrected chi connectivity index (χ2v) is 4.40. The molecule has 0 aliphatic rings. The fraction of sp³-hybridized carbons (Fsp3) is 0.583. The van der Waals surface area contributed by atoms with Gasteiger partial charge in [-0.15, -0.1) is 0 Å². The predicted octanol–water partition coefficient (Wildman–Crippen LogP) is 1.46. The van der Waals surface area contributed by atoms with Gasteiger partial charge in [-0.2, -0.15) is 5.10 Å². The molecule has 1 N–H and O–H groups in total. The molecular formula is C12H19N5. The van der Waals surface area contributed by atoms with Crippen LogP contribution in [0.4, 0.5) is 0 Å². The molecular weight excluding hydrogens is 214 g/mol. The zero-order valence-corrected chi connectivity index (χ0v) is 10.8. The Balaban J connectivity index is 2.41. The van der Waals surface area contributed by atoms with Crippen LogP contribution in [-0.4, -0.2) is 32.3 Å². The molecule has 92 valence electrons. The molecule has 2 unspecified atom stereocenters. The van der Waals surface area contributed by atoms with E-state index in [2.05, 4.69) is 41.2 Å². The highest BCUT2D eigenvalue weighted by Crippen LogP contribution is 2.23. The number of hydrogen-bond acceptors (Lipinski definition) is 4. The third-order valence-electron chi connectivity index (χ3n) is 3.27. The molecule has 0 radical (unpaired) electrons. The number of nitrogens with zero attached hydrogens (tertiary/aromatic N) is 4. The van der Waals surface area contributed by atoms with Crippen LogP contribution in [0.1, 0.15) is 32.4 Å². The molecule has 2 aromatic heterocycles. The summed E-state index contributed by atoms with van der Waals surface area (Å²) in [5.41, 5.74) is 1.96. The van der Waals surface area contributed by atoms with E-state index in [1.165, 1.54) is 0 Å². The molecule has 2 heterocycles. The third kappa shape index (κ3) is 2.15. The van der Waals surface area contributed by atoms with Crippen molar-refractivity contribution < 1.29 is 0 Å². The summed E-state index contributed by atoms with van der Waals surface area (Å²) in [6, 6.07) is 0.387. The lowest BCUT2D eigenvalue weighted by atomic mass is 9.97. The zero-order valence-electron chi connectivity index (χ0n) is 10.8. The van der Waals surface area contributed by atoms with Crippen molar-refractivity contribution in [2.45, 2.75) is 32.7 Å². The number of hydrogen-bond donors (Lipinski definition) is 1. The lowest BCUT2D eigenvalue weighted by molar-refractivity contribution is 0.489. The minimum absolute atomic E-state index is 0.338. The number of nitrogens with one attached hydrogen (secondary N) is 1. The second kappa shape index (κ2) is 4.79. The van der Waals surface area contributed by atoms with Gasteiger partial charge < -0.3 is 5.32 Å². The van der Waals surface area contributed by atoms with Crippen molar-refractivity contribution in [1.29, 1.82) is 0 Å². The first-order valence-corrected chi connectivity index (χ1v) is 6.01. The van der Waals surface area contributed by atoms with Crippen LogP contribution in [0.15, 0.2) is 12.5 Å². The molecule has 2 aromatic rings. The monoisotopic (exact) mass is 233 g/mol. The van der Waals surface area contributed by atoms with E-state index >= 15 is 0 Å². The maximum atomic E-state index is 4.42. The molecule has 0 saturated carbocycles. The van der Waals surface area contributed by atoms with Gasteiger partial charge in [0.2, 0.25) is 0 Å². The maximum Gasteiger partial charge on any atom is 0.161 e. The van der Waals surface area contributed by atoms with Crippen LogP contribution >= 0.6 is 0 Å². The number of rotatable bonds is 4. The van der Waals surface area contributed by atoms with Gasteiger partial charge in [-0.3, -0.25) is 4.68 Å². The van der Waals surface area contributed by atoms with Gasteiger partial charge in [0, 0.05) is 19.0 Å². The van der Waals surface area contributed by atoms with E-state index in [4.69, 9.17) is 0 Å². The highest BCUT2D eigenvalue weighted by atomic mass is 15.3. The molecule has 0 aliphatic carbocycles. The standard InChI is InChI=1S/C12H19N5/c1-5-13-9(3)8(2)11-10-6-16-17(4)12(10)15-7-14-11/h6-9,13H,5H2,1-4H3. The lowest BCUT2D eigenvalue weighted by Crippen LogP contribution is -2.31. The van der Waals surface area contributed by atoms with E-state index in [0.717, 1.165) is 23.3 Å². The quantitative estimate of drug-likeness (QED) is 0.868. The molecule has 0 fully saturated rings. The normalized spacial score (nSPS) is 15.1. The van der Waals surface area contributed by atoms with Crippen molar-refractivity contribution in [3.63, 3.8) is 0 Å². The first kappa shape index (κ1) is 12.0. The molecule has 0 bridgehead atoms. The summed E-state index contributed by atoms with van der Waals surface area (Å²) in [6.45, 7) is 7.44. The summed E-state index contributed by atoms with van der Waals surface area (Å²) in [5.74, 6) is 0.338. The highest BCUT2D eigenvalue weighted by molar-refractivity contribution is 5.77. The average molecular weight is 233 g/mol. The average Bonchev–Trinajstić information content (AvgIpc) is 2.71. The summed E-state index contributed by atoms with van der Waals surface area (Å²) in [7, 11) is 1.90. The van der Waals surface area contributed by atoms with Gasteiger partial charge in [0.15, 0.2) is 5.65 Å². The van der Waals surface area contributed by atoms with Crippen LogP contribution in [-0.2, 0) is 7.05 Å². The Morgan fingerprint density at radius 1 is 1.35 bits per heavy atom. The SMILES string of the molecule is CCNC(C)C(C)c1ncnc2c1cnn2C. The number of fused-ring (bicyclic) bond motifs is 1. The minimum atomic E-state index is 0.338. The van der Waals surface area contributed by atoms with Crippen LogP contribution in [0.2, 0.25) is 0 Å². The van der Waals surface area contributed by atoms with Gasteiger partial charge in [0.25, 0.3) is 0 Å². The maximum absolute atomic E-state index is 4.42. The van der Waals surface area contributed by atoms with Crippen molar-refractivity contribution in [3.05, 3.63) is 18.2 Å². The van der Waals surface area contributed by atoms with Gasteiger partial charge in [0.05, 0.1) is 17.3 Å². The van der Waals surface area contributed by atoms with Crippen LogP contribution < -0.4 is 5.32 Å². The Bertz CT molecular complexity index is 505. The van der Waals surface area contributed by atoms with Gasteiger partial charge in [-0.1, -0.05) is 13.8 Å². The Morgan fingerprint density at radius 2 is 2.12 bits per heavy atom. The van der Waals surface area contributed by atoms with Crippen molar-refractivity contribution in [1.82, 2.24) is 25.1 Å². The Kier molecular flexibility index (Phi) is 3.38. The van der Waals surface area contributed by atoms with Gasteiger partial charge in [-0.05, 0) is 13.5 Å². The Morgan fingerprint density at radius 3 is 2.82 bits per heavy atom. The van der Waals surface area contributed by atoms with Gasteiger partial charge in [0.1, 0.15) is 6.33 Å². The molecule has 2 rings (SSSR count). The van der Waals surface area contributed by atoms with E-state index < -0.39 is 0 Å². The summed E-state index contributed by atoms with van der Waals surface area (Å²) in [6.07, 6.45) is 3.47. The minimum Gasteiger partial charge on any atom is -0.314 e. The fourth-order valence-corrected chi connectivity index (χ4v) is 2.08. The first-order valence-electron chi connectivity index (χ1n) is 6.01. The Labute approximate surface area is 101 Å². The summed E-state index contributed by atoms with van der Waals surface area (Å²) in [5, 5.41) is 8.71. The van der Waals surface area contributed by atoms with Crippen LogP contribution in [0.5, 0.6) is 0 Å². The van der Waals surface area contributed by atoms with Gasteiger partial charge >= 0.3 is 0 Å². The third-order valence-corrected chi connectivity index (χ3v) is 3.27. The number of likely N-dealkylation sites (N-methyl/N-ethyl adjacent to an activating group) is 1. The van der Waals surface area contributed by atoms with Crippen molar-refractivity contribution in [2.75, 3.05) is 6.54 Å². The molecule has 17 heavy (non-hydrogen) atoms. The molecule has 0 aromatic carbocycles. The fourth-order valence-electron chi connectivity index (χ4n) is 2.08. The van der Waals surface area contributed by atoms with E-state index in [9.17, 15) is 0 Å². The summed E-state index contributed by atoms with van der Waals surface area (Å²) in [4.78, 5) is 8.68. The molecule has 0 saturated heterocycles. The molecule has 0 spiro atoms. The van der Waals surface area contributed by atoms with Crippen molar-refractivity contribution >= 4 is 11.0 Å². The Hall–Kier alpha value is -1.49. The number of aromatic nitrogens is 4. The predicted molar refractivity (Wildman–Crippen MR) is 67.9 cm³/mol. The van der Waals surface area contributed by atoms with Crippen LogP contribution in [0.3, 0.4) is 0 Å². The van der Waals surface area contributed by atoms with Crippen molar-refractivity contribution in [2.24, 2.45) is 7.05 Å². The molecule has 2 atom stereocenters. The largest absolute Gasteiger partial charge is 0.314 e. The highest BCUT2D eigenvalue weighted by Gasteiger charge is 2.18. The van der Waals surface area contributed by atoms with E-state index in [0.29, 0.717) is 12.0 Å². The molecule has 0 amide bonds. The summed E-state index contributed by atoms with van der Waals surface area (Å²) < 4.78 is 1.78. The van der Waals surface area contributed by atoms with Crippen LogP contribution in [0, 0.1) is 0 Å². The van der Waals surface area contributed by atoms with Crippen LogP contribution in [0.25, 0.3) is 11.0 Å². The zero-order chi connectivity index (χ0) is 12.4. The molecule has 5 heteroatoms. The lowest BCUT2D eigenvalue weighted by Gasteiger charge is -2.20.